The normalized spacial score (nSPS) is 22.4. The number of esters is 1. The lowest BCUT2D eigenvalue weighted by Gasteiger charge is -1.97. The van der Waals surface area contributed by atoms with Crippen LogP contribution in [0.1, 0.15) is 13.8 Å². The molecule has 0 aliphatic carbocycles. The fourth-order valence-electron chi connectivity index (χ4n) is 0.855. The molecule has 1 heterocycles. The zero-order valence-electron chi connectivity index (χ0n) is 6.42. The van der Waals surface area contributed by atoms with Crippen molar-refractivity contribution >= 4 is 11.7 Å². The molecule has 0 aromatic rings. The molecule has 0 fully saturated rings. The van der Waals surface area contributed by atoms with E-state index in [2.05, 4.69) is 9.73 Å². The third kappa shape index (κ3) is 1.17. The third-order valence-corrected chi connectivity index (χ3v) is 1.52. The Morgan fingerprint density at radius 3 is 2.60 bits per heavy atom. The summed E-state index contributed by atoms with van der Waals surface area (Å²) < 4.78 is 4.48. The Labute approximate surface area is 60.1 Å². The number of ether oxygens (including phenoxy) is 1. The number of carbonyl (C=O) groups is 1. The van der Waals surface area contributed by atoms with Crippen LogP contribution >= 0.6 is 0 Å². The second-order valence-electron chi connectivity index (χ2n) is 2.69. The Balaban J connectivity index is 2.37. The second kappa shape index (κ2) is 2.40. The average Bonchev–Trinajstić information content (AvgIpc) is 2.64. The first kappa shape index (κ1) is 7.25. The van der Waals surface area contributed by atoms with Gasteiger partial charge in [0.2, 0.25) is 0 Å². The molecule has 1 rings (SSSR count). The van der Waals surface area contributed by atoms with Gasteiger partial charge in [-0.25, -0.2) is 4.79 Å². The third-order valence-electron chi connectivity index (χ3n) is 1.52. The maximum atomic E-state index is 10.7. The summed E-state index contributed by atoms with van der Waals surface area (Å²) in [7, 11) is 1.38. The Morgan fingerprint density at radius 1 is 1.70 bits per heavy atom. The van der Waals surface area contributed by atoms with Gasteiger partial charge in [0.1, 0.15) is 11.8 Å². The topological polar surface area (TPSA) is 38.7 Å². The molecule has 1 aliphatic rings. The van der Waals surface area contributed by atoms with Crippen LogP contribution in [0.4, 0.5) is 0 Å². The molecule has 3 heteroatoms. The highest BCUT2D eigenvalue weighted by molar-refractivity contribution is 6.44. The van der Waals surface area contributed by atoms with Gasteiger partial charge in [0.25, 0.3) is 0 Å². The molecule has 0 bridgehead atoms. The molecule has 3 nitrogen and oxygen atoms in total. The lowest BCUT2D eigenvalue weighted by Crippen LogP contribution is -2.15. The standard InChI is InChI=1S/C7H11NO2/c1-4(2)5-6(8-5)7(9)10-3/h4-5H,1-3H3/t5-/m0/s1. The molecule has 56 valence electrons. The van der Waals surface area contributed by atoms with E-state index in [-0.39, 0.29) is 12.0 Å². The van der Waals surface area contributed by atoms with Gasteiger partial charge in [0.05, 0.1) is 7.11 Å². The van der Waals surface area contributed by atoms with Crippen LogP contribution in [0, 0.1) is 5.92 Å². The molecule has 0 spiro atoms. The van der Waals surface area contributed by atoms with Gasteiger partial charge >= 0.3 is 5.97 Å². The van der Waals surface area contributed by atoms with Gasteiger partial charge in [-0.05, 0) is 5.92 Å². The Morgan fingerprint density at radius 2 is 2.30 bits per heavy atom. The van der Waals surface area contributed by atoms with Gasteiger partial charge in [-0.3, -0.25) is 4.99 Å². The average molecular weight is 141 g/mol. The van der Waals surface area contributed by atoms with Crippen molar-refractivity contribution in [3.05, 3.63) is 0 Å². The summed E-state index contributed by atoms with van der Waals surface area (Å²) >= 11 is 0. The quantitative estimate of drug-likeness (QED) is 0.529. The van der Waals surface area contributed by atoms with E-state index in [9.17, 15) is 4.79 Å². The molecule has 0 aromatic heterocycles. The van der Waals surface area contributed by atoms with Crippen molar-refractivity contribution in [1.29, 1.82) is 0 Å². The van der Waals surface area contributed by atoms with E-state index in [1.165, 1.54) is 7.11 Å². The number of hydrogen-bond donors (Lipinski definition) is 0. The summed E-state index contributed by atoms with van der Waals surface area (Å²) in [5.41, 5.74) is 0.595. The van der Waals surface area contributed by atoms with E-state index in [1.807, 2.05) is 13.8 Å². The molecule has 0 N–H and O–H groups in total. The first-order valence-corrected chi connectivity index (χ1v) is 3.33. The smallest absolute Gasteiger partial charge is 0.354 e. The minimum atomic E-state index is -0.279. The van der Waals surface area contributed by atoms with E-state index >= 15 is 0 Å². The Bertz CT molecular complexity index is 184. The monoisotopic (exact) mass is 141 g/mol. The maximum Gasteiger partial charge on any atom is 0.354 e. The molecule has 1 aliphatic heterocycles. The van der Waals surface area contributed by atoms with Crippen LogP contribution in [0.15, 0.2) is 4.99 Å². The van der Waals surface area contributed by atoms with Crippen LogP contribution in [-0.2, 0) is 9.53 Å². The molecule has 10 heavy (non-hydrogen) atoms. The lowest BCUT2D eigenvalue weighted by molar-refractivity contribution is -0.132. The summed E-state index contributed by atoms with van der Waals surface area (Å²) in [6.45, 7) is 4.06. The summed E-state index contributed by atoms with van der Waals surface area (Å²) in [5, 5.41) is 0. The summed E-state index contributed by atoms with van der Waals surface area (Å²) in [6, 6.07) is 0.132. The molecule has 0 saturated heterocycles. The first-order valence-electron chi connectivity index (χ1n) is 3.33. The van der Waals surface area contributed by atoms with Crippen LogP contribution in [0.2, 0.25) is 0 Å². The van der Waals surface area contributed by atoms with Crippen LogP contribution in [0.25, 0.3) is 0 Å². The fourth-order valence-corrected chi connectivity index (χ4v) is 0.855. The highest BCUT2D eigenvalue weighted by Crippen LogP contribution is 2.21. The van der Waals surface area contributed by atoms with E-state index in [1.54, 1.807) is 0 Å². The SMILES string of the molecule is COC(=O)C1=N[C@H]1C(C)C. The lowest BCUT2D eigenvalue weighted by atomic mass is 10.1. The fraction of sp³-hybridized carbons (Fsp3) is 0.714. The predicted molar refractivity (Wildman–Crippen MR) is 38.1 cm³/mol. The van der Waals surface area contributed by atoms with E-state index in [4.69, 9.17) is 0 Å². The van der Waals surface area contributed by atoms with E-state index in [0.29, 0.717) is 11.6 Å². The molecular weight excluding hydrogens is 130 g/mol. The number of carbonyl (C=O) groups excluding carboxylic acids is 1. The molecule has 0 unspecified atom stereocenters. The second-order valence-corrected chi connectivity index (χ2v) is 2.69. The molecule has 0 radical (unpaired) electrons. The predicted octanol–water partition coefficient (Wildman–Crippen LogP) is 0.639. The van der Waals surface area contributed by atoms with Gasteiger partial charge in [0, 0.05) is 0 Å². The van der Waals surface area contributed by atoms with Crippen molar-refractivity contribution in [3.8, 4) is 0 Å². The number of nitrogens with zero attached hydrogens (tertiary/aromatic N) is 1. The van der Waals surface area contributed by atoms with Crippen molar-refractivity contribution < 1.29 is 9.53 Å². The summed E-state index contributed by atoms with van der Waals surface area (Å²) in [5.74, 6) is 0.146. The zero-order chi connectivity index (χ0) is 7.72. The van der Waals surface area contributed by atoms with Gasteiger partial charge in [0.15, 0.2) is 0 Å². The minimum absolute atomic E-state index is 0.132. The number of aliphatic imine (C=N–C) groups is 1. The van der Waals surface area contributed by atoms with Crippen LogP contribution in [-0.4, -0.2) is 24.8 Å². The summed E-state index contributed by atoms with van der Waals surface area (Å²) in [6.07, 6.45) is 0. The van der Waals surface area contributed by atoms with Crippen LogP contribution in [0.5, 0.6) is 0 Å². The Kier molecular flexibility index (Phi) is 1.74. The number of rotatable bonds is 2. The highest BCUT2D eigenvalue weighted by atomic mass is 16.5. The van der Waals surface area contributed by atoms with Gasteiger partial charge in [-0.2, -0.15) is 0 Å². The van der Waals surface area contributed by atoms with Gasteiger partial charge in [-0.15, -0.1) is 0 Å². The zero-order valence-corrected chi connectivity index (χ0v) is 6.42. The van der Waals surface area contributed by atoms with Crippen molar-refractivity contribution in [1.82, 2.24) is 0 Å². The van der Waals surface area contributed by atoms with Crippen molar-refractivity contribution in [2.45, 2.75) is 19.9 Å². The van der Waals surface area contributed by atoms with Crippen molar-refractivity contribution in [3.63, 3.8) is 0 Å². The Hall–Kier alpha value is -0.860. The van der Waals surface area contributed by atoms with E-state index < -0.39 is 0 Å². The number of methoxy groups -OCH3 is 1. The molecule has 0 amide bonds. The van der Waals surface area contributed by atoms with Gasteiger partial charge < -0.3 is 4.74 Å². The van der Waals surface area contributed by atoms with Crippen molar-refractivity contribution in [2.75, 3.05) is 7.11 Å². The summed E-state index contributed by atoms with van der Waals surface area (Å²) in [4.78, 5) is 14.7. The molecular formula is C7H11NO2. The van der Waals surface area contributed by atoms with Crippen LogP contribution < -0.4 is 0 Å². The molecule has 1 atom stereocenters. The van der Waals surface area contributed by atoms with E-state index in [0.717, 1.165) is 0 Å². The number of hydrogen-bond acceptors (Lipinski definition) is 3. The highest BCUT2D eigenvalue weighted by Gasteiger charge is 2.36. The molecule has 0 saturated carbocycles. The first-order chi connectivity index (χ1) is 4.66. The van der Waals surface area contributed by atoms with Crippen molar-refractivity contribution in [2.24, 2.45) is 10.9 Å². The molecule has 0 aromatic carbocycles. The maximum absolute atomic E-state index is 10.7. The largest absolute Gasteiger partial charge is 0.464 e. The van der Waals surface area contributed by atoms with Crippen LogP contribution in [0.3, 0.4) is 0 Å². The van der Waals surface area contributed by atoms with Gasteiger partial charge in [-0.1, -0.05) is 13.8 Å². The minimum Gasteiger partial charge on any atom is -0.464 e.